The number of benzene rings is 3. The van der Waals surface area contributed by atoms with Crippen LogP contribution in [0.1, 0.15) is 73.4 Å². The lowest BCUT2D eigenvalue weighted by Crippen LogP contribution is -2.42. The second-order valence-corrected chi connectivity index (χ2v) is 10.9. The normalized spacial score (nSPS) is 14.6. The molecule has 0 radical (unpaired) electrons. The second-order valence-electron chi connectivity index (χ2n) is 10.0. The van der Waals surface area contributed by atoms with E-state index in [1.807, 2.05) is 36.4 Å². The number of nitrogens with zero attached hydrogens (tertiary/aromatic N) is 1. The fourth-order valence-electron chi connectivity index (χ4n) is 4.10. The molecule has 0 saturated heterocycles. The summed E-state index contributed by atoms with van der Waals surface area (Å²) < 4.78 is 0.877. The van der Waals surface area contributed by atoms with Gasteiger partial charge in [-0.25, -0.2) is 4.90 Å². The molecular weight excluding hydrogens is 438 g/mol. The van der Waals surface area contributed by atoms with Crippen LogP contribution >= 0.6 is 15.9 Å². The quantitative estimate of drug-likeness (QED) is 0.364. The molecule has 0 saturated carbocycles. The molecule has 0 atom stereocenters. The van der Waals surface area contributed by atoms with E-state index in [9.17, 15) is 9.59 Å². The number of rotatable bonds is 1. The van der Waals surface area contributed by atoms with Crippen LogP contribution in [-0.2, 0) is 10.8 Å². The zero-order valence-corrected chi connectivity index (χ0v) is 19.8. The molecule has 2 amide bonds. The SMILES string of the molecule is CC(C)(C)c1ccc(C(C)(C)C)c(N2C(=O)c3cccc4c(Br)ccc(c34)C2=O)c1. The van der Waals surface area contributed by atoms with Crippen molar-refractivity contribution in [3.63, 3.8) is 0 Å². The molecule has 154 valence electrons. The van der Waals surface area contributed by atoms with Gasteiger partial charge in [-0.15, -0.1) is 0 Å². The van der Waals surface area contributed by atoms with Crippen molar-refractivity contribution in [1.29, 1.82) is 0 Å². The van der Waals surface area contributed by atoms with Crippen LogP contribution in [-0.4, -0.2) is 11.8 Å². The number of hydrogen-bond donors (Lipinski definition) is 0. The van der Waals surface area contributed by atoms with Crippen LogP contribution in [0.15, 0.2) is 53.0 Å². The predicted octanol–water partition coefficient (Wildman–Crippen LogP) is 7.00. The minimum atomic E-state index is -0.271. The first kappa shape index (κ1) is 20.8. The van der Waals surface area contributed by atoms with E-state index in [0.717, 1.165) is 26.4 Å². The highest BCUT2D eigenvalue weighted by atomic mass is 79.9. The first-order chi connectivity index (χ1) is 13.9. The Kier molecular flexibility index (Phi) is 4.70. The summed E-state index contributed by atoms with van der Waals surface area (Å²) in [7, 11) is 0. The molecule has 3 nitrogen and oxygen atoms in total. The minimum absolute atomic E-state index is 0.101. The summed E-state index contributed by atoms with van der Waals surface area (Å²) in [6, 6.07) is 15.5. The number of hydrogen-bond acceptors (Lipinski definition) is 2. The van der Waals surface area contributed by atoms with Gasteiger partial charge in [-0.3, -0.25) is 9.59 Å². The summed E-state index contributed by atoms with van der Waals surface area (Å²) in [5.74, 6) is -0.541. The molecule has 3 aromatic carbocycles. The lowest BCUT2D eigenvalue weighted by molar-refractivity contribution is 0.0893. The van der Waals surface area contributed by atoms with Gasteiger partial charge in [0.15, 0.2) is 0 Å². The maximum atomic E-state index is 13.7. The number of imide groups is 1. The van der Waals surface area contributed by atoms with Gasteiger partial charge in [0.1, 0.15) is 0 Å². The van der Waals surface area contributed by atoms with E-state index in [1.165, 1.54) is 4.90 Å². The van der Waals surface area contributed by atoms with Gasteiger partial charge in [0.25, 0.3) is 11.8 Å². The molecule has 0 bridgehead atoms. The maximum absolute atomic E-state index is 13.7. The molecule has 0 fully saturated rings. The highest BCUT2D eigenvalue weighted by Crippen LogP contribution is 2.41. The molecule has 1 aliphatic rings. The monoisotopic (exact) mass is 463 g/mol. The highest BCUT2D eigenvalue weighted by Gasteiger charge is 2.37. The number of amides is 2. The number of carbonyl (C=O) groups excluding carboxylic acids is 2. The molecule has 3 aromatic rings. The lowest BCUT2D eigenvalue weighted by Gasteiger charge is -2.33. The summed E-state index contributed by atoms with van der Waals surface area (Å²) in [6.07, 6.45) is 0. The van der Waals surface area contributed by atoms with Crippen LogP contribution in [0, 0.1) is 0 Å². The summed E-state index contributed by atoms with van der Waals surface area (Å²) in [5, 5.41) is 1.60. The maximum Gasteiger partial charge on any atom is 0.265 e. The molecule has 1 aliphatic heterocycles. The Morgan fingerprint density at radius 3 is 2.00 bits per heavy atom. The molecule has 0 spiro atoms. The van der Waals surface area contributed by atoms with Crippen LogP contribution in [0.3, 0.4) is 0 Å². The lowest BCUT2D eigenvalue weighted by atomic mass is 9.80. The molecule has 0 aromatic heterocycles. The van der Waals surface area contributed by atoms with Gasteiger partial charge in [-0.2, -0.15) is 0 Å². The van der Waals surface area contributed by atoms with E-state index in [2.05, 4.69) is 69.6 Å². The number of carbonyl (C=O) groups is 2. The second kappa shape index (κ2) is 6.78. The third kappa shape index (κ3) is 3.18. The standard InChI is InChI=1S/C26H26BrNO2/c1-25(2,3)15-10-12-19(26(4,5)6)21(14-15)28-23(29)17-9-7-8-16-20(27)13-11-18(22(16)17)24(28)30/h7-14H,1-6H3. The molecule has 0 unspecified atom stereocenters. The first-order valence-electron chi connectivity index (χ1n) is 10.2. The first-order valence-corrected chi connectivity index (χ1v) is 11.0. The van der Waals surface area contributed by atoms with Crippen LogP contribution in [0.4, 0.5) is 5.69 Å². The summed E-state index contributed by atoms with van der Waals surface area (Å²) in [6.45, 7) is 12.7. The Hall–Kier alpha value is -2.46. The Balaban J connectivity index is 2.01. The van der Waals surface area contributed by atoms with Crippen LogP contribution in [0.2, 0.25) is 0 Å². The molecule has 4 rings (SSSR count). The Bertz CT molecular complexity index is 1190. The van der Waals surface area contributed by atoms with E-state index in [-0.39, 0.29) is 22.6 Å². The van der Waals surface area contributed by atoms with E-state index < -0.39 is 0 Å². The Morgan fingerprint density at radius 2 is 1.40 bits per heavy atom. The van der Waals surface area contributed by atoms with Crippen molar-refractivity contribution < 1.29 is 9.59 Å². The third-order valence-corrected chi connectivity index (χ3v) is 6.46. The van der Waals surface area contributed by atoms with E-state index in [4.69, 9.17) is 0 Å². The van der Waals surface area contributed by atoms with Crippen molar-refractivity contribution in [2.45, 2.75) is 52.4 Å². The molecule has 0 N–H and O–H groups in total. The Labute approximate surface area is 186 Å². The van der Waals surface area contributed by atoms with E-state index >= 15 is 0 Å². The van der Waals surface area contributed by atoms with Gasteiger partial charge in [-0.05, 0) is 51.6 Å². The van der Waals surface area contributed by atoms with Gasteiger partial charge < -0.3 is 0 Å². The van der Waals surface area contributed by atoms with Crippen molar-refractivity contribution >= 4 is 44.2 Å². The summed E-state index contributed by atoms with van der Waals surface area (Å²) in [4.78, 5) is 28.7. The van der Waals surface area contributed by atoms with E-state index in [1.54, 1.807) is 0 Å². The van der Waals surface area contributed by atoms with Crippen molar-refractivity contribution in [2.24, 2.45) is 0 Å². The fourth-order valence-corrected chi connectivity index (χ4v) is 4.56. The molecule has 0 aliphatic carbocycles. The van der Waals surface area contributed by atoms with Crippen molar-refractivity contribution in [3.05, 3.63) is 75.3 Å². The predicted molar refractivity (Wildman–Crippen MR) is 127 cm³/mol. The van der Waals surface area contributed by atoms with Crippen molar-refractivity contribution in [3.8, 4) is 0 Å². The van der Waals surface area contributed by atoms with Gasteiger partial charge in [0, 0.05) is 21.0 Å². The van der Waals surface area contributed by atoms with Gasteiger partial charge in [0.2, 0.25) is 0 Å². The average molecular weight is 464 g/mol. The molecule has 1 heterocycles. The number of anilines is 1. The molecular formula is C26H26BrNO2. The minimum Gasteiger partial charge on any atom is -0.268 e. The average Bonchev–Trinajstić information content (AvgIpc) is 2.65. The highest BCUT2D eigenvalue weighted by molar-refractivity contribution is 9.10. The zero-order valence-electron chi connectivity index (χ0n) is 18.3. The van der Waals surface area contributed by atoms with Gasteiger partial charge >= 0.3 is 0 Å². The van der Waals surface area contributed by atoms with Gasteiger partial charge in [0.05, 0.1) is 5.69 Å². The van der Waals surface area contributed by atoms with Crippen LogP contribution < -0.4 is 4.90 Å². The molecule has 4 heteroatoms. The Morgan fingerprint density at radius 1 is 0.767 bits per heavy atom. The van der Waals surface area contributed by atoms with Crippen LogP contribution in [0.5, 0.6) is 0 Å². The molecule has 30 heavy (non-hydrogen) atoms. The number of halogens is 1. The third-order valence-electron chi connectivity index (χ3n) is 5.77. The topological polar surface area (TPSA) is 37.4 Å². The van der Waals surface area contributed by atoms with Gasteiger partial charge in [-0.1, -0.05) is 81.7 Å². The van der Waals surface area contributed by atoms with E-state index in [0.29, 0.717) is 16.8 Å². The smallest absolute Gasteiger partial charge is 0.265 e. The summed E-state index contributed by atoms with van der Waals surface area (Å²) in [5.41, 5.74) is 3.54. The van der Waals surface area contributed by atoms with Crippen molar-refractivity contribution in [1.82, 2.24) is 0 Å². The summed E-state index contributed by atoms with van der Waals surface area (Å²) >= 11 is 3.55. The fraction of sp³-hybridized carbons (Fsp3) is 0.308. The van der Waals surface area contributed by atoms with Crippen LogP contribution in [0.25, 0.3) is 10.8 Å². The van der Waals surface area contributed by atoms with Crippen molar-refractivity contribution in [2.75, 3.05) is 4.90 Å². The largest absolute Gasteiger partial charge is 0.268 e. The zero-order chi connectivity index (χ0) is 22.0.